The molecule has 0 radical (unpaired) electrons. The Morgan fingerprint density at radius 1 is 1.19 bits per heavy atom. The van der Waals surface area contributed by atoms with Crippen molar-refractivity contribution in [3.8, 4) is 5.69 Å². The van der Waals surface area contributed by atoms with Crippen molar-refractivity contribution in [3.05, 3.63) is 46.8 Å². The molecule has 2 aromatic rings. The molecule has 0 unspecified atom stereocenters. The molecule has 1 atom stereocenters. The first kappa shape index (κ1) is 17.6. The number of benzene rings is 1. The van der Waals surface area contributed by atoms with Crippen LogP contribution in [0.3, 0.4) is 0 Å². The Kier molecular flexibility index (Phi) is 4.63. The maximum Gasteiger partial charge on any atom is 0.272 e. The number of nitrogens with zero attached hydrogens (tertiary/aromatic N) is 2. The number of halogens is 2. The first-order valence-corrected chi connectivity index (χ1v) is 9.19. The maximum atomic E-state index is 13.6. The third-order valence-electron chi connectivity index (χ3n) is 5.13. The third kappa shape index (κ3) is 3.31. The molecule has 2 N–H and O–H groups in total. The van der Waals surface area contributed by atoms with Crippen LogP contribution < -0.4 is 10.6 Å². The van der Waals surface area contributed by atoms with Gasteiger partial charge >= 0.3 is 0 Å². The van der Waals surface area contributed by atoms with Crippen molar-refractivity contribution in [1.82, 2.24) is 20.4 Å². The molecule has 1 saturated heterocycles. The summed E-state index contributed by atoms with van der Waals surface area (Å²) in [4.78, 5) is 24.9. The van der Waals surface area contributed by atoms with E-state index in [4.69, 9.17) is 0 Å². The first-order chi connectivity index (χ1) is 13.0. The number of nitrogens with one attached hydrogen (secondary N) is 2. The molecular formula is C19H20F2N4O2. The molecule has 142 valence electrons. The number of fused-ring (bicyclic) bond motifs is 1. The number of hydrogen-bond acceptors (Lipinski definition) is 3. The Morgan fingerprint density at radius 2 is 2.04 bits per heavy atom. The minimum absolute atomic E-state index is 0.183. The van der Waals surface area contributed by atoms with Crippen molar-refractivity contribution in [2.75, 3.05) is 6.54 Å². The zero-order valence-corrected chi connectivity index (χ0v) is 14.7. The van der Waals surface area contributed by atoms with Crippen molar-refractivity contribution >= 4 is 11.8 Å². The number of carbonyl (C=O) groups is 2. The van der Waals surface area contributed by atoms with Crippen LogP contribution >= 0.6 is 0 Å². The quantitative estimate of drug-likeness (QED) is 0.863. The summed E-state index contributed by atoms with van der Waals surface area (Å²) in [6, 6.07) is 2.97. The molecule has 0 saturated carbocycles. The average molecular weight is 374 g/mol. The highest BCUT2D eigenvalue weighted by molar-refractivity contribution is 5.97. The average Bonchev–Trinajstić information content (AvgIpc) is 3.19. The van der Waals surface area contributed by atoms with Crippen LogP contribution in [0.4, 0.5) is 8.78 Å². The van der Waals surface area contributed by atoms with Crippen molar-refractivity contribution in [1.29, 1.82) is 0 Å². The molecule has 1 aromatic heterocycles. The fourth-order valence-electron chi connectivity index (χ4n) is 3.75. The zero-order valence-electron chi connectivity index (χ0n) is 14.7. The molecule has 2 amide bonds. The Hall–Kier alpha value is -2.77. The zero-order chi connectivity index (χ0) is 19.0. The van der Waals surface area contributed by atoms with E-state index in [1.54, 1.807) is 0 Å². The van der Waals surface area contributed by atoms with Gasteiger partial charge in [-0.15, -0.1) is 0 Å². The van der Waals surface area contributed by atoms with Crippen LogP contribution in [0.2, 0.25) is 0 Å². The molecule has 1 aliphatic carbocycles. The summed E-state index contributed by atoms with van der Waals surface area (Å²) < 4.78 is 28.4. The Labute approximate surface area is 154 Å². The molecule has 6 nitrogen and oxygen atoms in total. The van der Waals surface area contributed by atoms with Gasteiger partial charge in [-0.25, -0.2) is 13.5 Å². The first-order valence-electron chi connectivity index (χ1n) is 9.19. The van der Waals surface area contributed by atoms with Gasteiger partial charge in [-0.1, -0.05) is 0 Å². The van der Waals surface area contributed by atoms with Gasteiger partial charge in [-0.2, -0.15) is 5.10 Å². The monoisotopic (exact) mass is 374 g/mol. The van der Waals surface area contributed by atoms with Gasteiger partial charge in [0.2, 0.25) is 5.91 Å². The van der Waals surface area contributed by atoms with Crippen LogP contribution in [0.15, 0.2) is 18.2 Å². The number of rotatable bonds is 3. The van der Waals surface area contributed by atoms with E-state index >= 15 is 0 Å². The second-order valence-electron chi connectivity index (χ2n) is 6.95. The van der Waals surface area contributed by atoms with E-state index in [1.807, 2.05) is 0 Å². The highest BCUT2D eigenvalue weighted by atomic mass is 19.2. The van der Waals surface area contributed by atoms with E-state index in [-0.39, 0.29) is 11.6 Å². The summed E-state index contributed by atoms with van der Waals surface area (Å²) >= 11 is 0. The van der Waals surface area contributed by atoms with Gasteiger partial charge in [0.05, 0.1) is 5.69 Å². The lowest BCUT2D eigenvalue weighted by atomic mass is 10.1. The molecule has 4 rings (SSSR count). The van der Waals surface area contributed by atoms with Crippen molar-refractivity contribution < 1.29 is 18.4 Å². The van der Waals surface area contributed by atoms with E-state index in [0.29, 0.717) is 31.5 Å². The van der Waals surface area contributed by atoms with Crippen LogP contribution in [-0.2, 0) is 17.6 Å². The highest BCUT2D eigenvalue weighted by Gasteiger charge is 2.30. The Balaban J connectivity index is 1.64. The van der Waals surface area contributed by atoms with E-state index < -0.39 is 23.6 Å². The van der Waals surface area contributed by atoms with Gasteiger partial charge in [-0.05, 0) is 50.7 Å². The molecule has 0 bridgehead atoms. The molecule has 1 fully saturated rings. The minimum Gasteiger partial charge on any atom is -0.354 e. The number of aromatic nitrogens is 2. The molecule has 1 aliphatic heterocycles. The minimum atomic E-state index is -0.962. The fraction of sp³-hybridized carbons (Fsp3) is 0.421. The lowest BCUT2D eigenvalue weighted by molar-refractivity contribution is -0.122. The van der Waals surface area contributed by atoms with Crippen LogP contribution in [0.25, 0.3) is 5.69 Å². The van der Waals surface area contributed by atoms with Gasteiger partial charge in [0.1, 0.15) is 6.04 Å². The predicted octanol–water partition coefficient (Wildman–Crippen LogP) is 2.04. The largest absolute Gasteiger partial charge is 0.354 e. The van der Waals surface area contributed by atoms with E-state index in [9.17, 15) is 18.4 Å². The molecule has 2 heterocycles. The SMILES string of the molecule is O=C(N[C@H]1CCCCNC1=O)c1nn(-c2ccc(F)c(F)c2)c2c1CCC2. The van der Waals surface area contributed by atoms with Crippen molar-refractivity contribution in [2.45, 2.75) is 44.6 Å². The maximum absolute atomic E-state index is 13.6. The van der Waals surface area contributed by atoms with Gasteiger partial charge in [-0.3, -0.25) is 9.59 Å². The van der Waals surface area contributed by atoms with Crippen molar-refractivity contribution in [3.63, 3.8) is 0 Å². The predicted molar refractivity (Wildman–Crippen MR) is 93.6 cm³/mol. The van der Waals surface area contributed by atoms with Gasteiger partial charge in [0.25, 0.3) is 5.91 Å². The third-order valence-corrected chi connectivity index (χ3v) is 5.13. The summed E-state index contributed by atoms with van der Waals surface area (Å²) in [7, 11) is 0. The Morgan fingerprint density at radius 3 is 2.85 bits per heavy atom. The van der Waals surface area contributed by atoms with Gasteiger partial charge < -0.3 is 10.6 Å². The molecule has 27 heavy (non-hydrogen) atoms. The number of carbonyl (C=O) groups excluding carboxylic acids is 2. The van der Waals surface area contributed by atoms with Gasteiger partial charge in [0, 0.05) is 23.9 Å². The standard InChI is InChI=1S/C19H20F2N4O2/c20-13-8-7-11(10-14(13)21)25-16-6-3-4-12(16)17(24-25)19(27)23-15-5-1-2-9-22-18(15)26/h7-8,10,15H,1-6,9H2,(H,22,26)(H,23,27)/t15-/m0/s1. The Bertz CT molecular complexity index is 909. The topological polar surface area (TPSA) is 76.0 Å². The highest BCUT2D eigenvalue weighted by Crippen LogP contribution is 2.28. The van der Waals surface area contributed by atoms with E-state index in [1.165, 1.54) is 10.7 Å². The summed E-state index contributed by atoms with van der Waals surface area (Å²) in [5.41, 5.74) is 2.27. The number of hydrogen-bond donors (Lipinski definition) is 2. The van der Waals surface area contributed by atoms with Crippen LogP contribution in [0.1, 0.15) is 47.4 Å². The summed E-state index contributed by atoms with van der Waals surface area (Å²) in [5, 5.41) is 9.94. The normalized spacial score (nSPS) is 19.3. The molecular weight excluding hydrogens is 354 g/mol. The molecule has 1 aromatic carbocycles. The van der Waals surface area contributed by atoms with Crippen LogP contribution in [-0.4, -0.2) is 34.2 Å². The molecule has 8 heteroatoms. The lowest BCUT2D eigenvalue weighted by Crippen LogP contribution is -2.45. The summed E-state index contributed by atoms with van der Waals surface area (Å²) in [5.74, 6) is -2.48. The number of amides is 2. The second-order valence-corrected chi connectivity index (χ2v) is 6.95. The smallest absolute Gasteiger partial charge is 0.272 e. The summed E-state index contributed by atoms with van der Waals surface area (Å²) in [6.45, 7) is 0.616. The fourth-order valence-corrected chi connectivity index (χ4v) is 3.75. The summed E-state index contributed by atoms with van der Waals surface area (Å²) in [6.07, 6.45) is 4.59. The van der Waals surface area contributed by atoms with Gasteiger partial charge in [0.15, 0.2) is 17.3 Å². The van der Waals surface area contributed by atoms with E-state index in [2.05, 4.69) is 15.7 Å². The van der Waals surface area contributed by atoms with Crippen molar-refractivity contribution in [2.24, 2.45) is 0 Å². The van der Waals surface area contributed by atoms with Crippen LogP contribution in [0, 0.1) is 11.6 Å². The molecule has 2 aliphatic rings. The van der Waals surface area contributed by atoms with E-state index in [0.717, 1.165) is 42.7 Å². The second kappa shape index (κ2) is 7.09. The van der Waals surface area contributed by atoms with Crippen LogP contribution in [0.5, 0.6) is 0 Å². The lowest BCUT2D eigenvalue weighted by Gasteiger charge is -2.14. The molecule has 0 spiro atoms.